The molecule has 5 heterocycles. The molecule has 8 heteroatoms. The number of hydrogen-bond donors (Lipinski definition) is 0. The Morgan fingerprint density at radius 3 is 2.48 bits per heavy atom. The summed E-state index contributed by atoms with van der Waals surface area (Å²) >= 11 is -1.86. The fourth-order valence-corrected chi connectivity index (χ4v) is 8.77. The predicted octanol–water partition coefficient (Wildman–Crippen LogP) is 8.02. The zero-order valence-corrected chi connectivity index (χ0v) is 30.3. The van der Waals surface area contributed by atoms with Crippen molar-refractivity contribution < 1.29 is 24.5 Å². The van der Waals surface area contributed by atoms with E-state index < -0.39 is 13.3 Å². The Morgan fingerprint density at radius 2 is 1.75 bits per heavy atom. The molecular formula is C36H35GeIrN5O-2. The first-order valence-electron chi connectivity index (χ1n) is 14.6. The van der Waals surface area contributed by atoms with E-state index in [0.717, 1.165) is 56.5 Å². The van der Waals surface area contributed by atoms with E-state index in [0.29, 0.717) is 11.6 Å². The van der Waals surface area contributed by atoms with Gasteiger partial charge in [-0.25, -0.2) is 4.98 Å². The summed E-state index contributed by atoms with van der Waals surface area (Å²) in [7, 11) is 1.98. The monoisotopic (exact) mass is 820 g/mol. The van der Waals surface area contributed by atoms with Crippen LogP contribution in [-0.2, 0) is 33.6 Å². The average molecular weight is 819 g/mol. The number of benzene rings is 2. The molecule has 0 amide bonds. The molecule has 5 aromatic heterocycles. The summed E-state index contributed by atoms with van der Waals surface area (Å²) in [5.74, 6) is 8.83. The second-order valence-corrected chi connectivity index (χ2v) is 22.9. The molecule has 0 N–H and O–H groups in total. The summed E-state index contributed by atoms with van der Waals surface area (Å²) in [4.78, 5) is 17.8. The minimum atomic E-state index is -1.86. The normalized spacial score (nSPS) is 11.5. The Morgan fingerprint density at radius 1 is 0.909 bits per heavy atom. The van der Waals surface area contributed by atoms with Crippen LogP contribution in [0.5, 0.6) is 0 Å². The second-order valence-electron chi connectivity index (χ2n) is 12.3. The van der Waals surface area contributed by atoms with E-state index in [1.807, 2.05) is 66.3 Å². The number of pyridine rings is 3. The molecule has 6 nitrogen and oxygen atoms in total. The van der Waals surface area contributed by atoms with Gasteiger partial charge < -0.3 is 8.98 Å². The number of aromatic nitrogens is 5. The van der Waals surface area contributed by atoms with Crippen LogP contribution in [0.2, 0.25) is 17.3 Å². The Hall–Kier alpha value is -3.65. The predicted molar refractivity (Wildman–Crippen MR) is 178 cm³/mol. The van der Waals surface area contributed by atoms with Gasteiger partial charge in [-0.2, -0.15) is 0 Å². The van der Waals surface area contributed by atoms with Crippen LogP contribution in [-0.4, -0.2) is 37.8 Å². The topological polar surface area (TPSA) is 69.6 Å². The maximum atomic E-state index is 5.85. The summed E-state index contributed by atoms with van der Waals surface area (Å²) in [5, 5.41) is 2.01. The molecule has 0 spiro atoms. The van der Waals surface area contributed by atoms with E-state index in [9.17, 15) is 0 Å². The molecule has 225 valence electrons. The van der Waals surface area contributed by atoms with Gasteiger partial charge in [0.15, 0.2) is 0 Å². The van der Waals surface area contributed by atoms with E-state index in [1.165, 1.54) is 5.56 Å². The average Bonchev–Trinajstić information content (AvgIpc) is 3.54. The summed E-state index contributed by atoms with van der Waals surface area (Å²) in [6.07, 6.45) is 8.56. The zero-order chi connectivity index (χ0) is 30.1. The number of imidazole rings is 1. The smallest absolute Gasteiger partial charge is 0.215 e. The quantitative estimate of drug-likeness (QED) is 0.130. The number of rotatable bonds is 5. The molecule has 0 aliphatic heterocycles. The minimum absolute atomic E-state index is 0. The molecule has 0 unspecified atom stereocenters. The SMILES string of the molecule is CC(C)Cc1cc(-c2[c-]cccc2)nc[c]1[Ge]([CH3])([CH3])[CH3].Cn1c(-c2[c-]cc3c(c2)oc2ncccc23)nc2ccncc21.[Ir]. The number of hydrogen-bond acceptors (Lipinski definition) is 5. The van der Waals surface area contributed by atoms with Crippen LogP contribution in [0.25, 0.3) is 55.7 Å². The first-order valence-corrected chi connectivity index (χ1v) is 22.0. The van der Waals surface area contributed by atoms with Crippen molar-refractivity contribution in [2.24, 2.45) is 13.0 Å². The van der Waals surface area contributed by atoms with Crippen LogP contribution in [0.1, 0.15) is 19.4 Å². The minimum Gasteiger partial charge on any atom is -0.458 e. The third-order valence-corrected chi connectivity index (χ3v) is 11.9. The molecule has 1 radical (unpaired) electrons. The summed E-state index contributed by atoms with van der Waals surface area (Å²) in [6, 6.07) is 26.7. The van der Waals surface area contributed by atoms with Gasteiger partial charge >= 0.3 is 126 Å². The van der Waals surface area contributed by atoms with Crippen molar-refractivity contribution in [2.75, 3.05) is 0 Å². The van der Waals surface area contributed by atoms with Gasteiger partial charge in [0.1, 0.15) is 0 Å². The molecule has 0 aliphatic rings. The molecule has 7 aromatic rings. The van der Waals surface area contributed by atoms with Crippen molar-refractivity contribution in [3.8, 4) is 22.6 Å². The fraction of sp³-hybridized carbons (Fsp3) is 0.222. The van der Waals surface area contributed by atoms with Gasteiger partial charge in [-0.3, -0.25) is 9.97 Å². The summed E-state index contributed by atoms with van der Waals surface area (Å²) in [6.45, 7) is 4.57. The first-order chi connectivity index (χ1) is 20.7. The van der Waals surface area contributed by atoms with Gasteiger partial charge in [-0.15, -0.1) is 17.7 Å². The van der Waals surface area contributed by atoms with Crippen LogP contribution in [0.3, 0.4) is 0 Å². The molecule has 7 rings (SSSR count). The molecule has 2 aromatic carbocycles. The maximum Gasteiger partial charge on any atom is 0.215 e. The molecule has 0 saturated heterocycles. The zero-order valence-electron chi connectivity index (χ0n) is 25.8. The fourth-order valence-electron chi connectivity index (χ4n) is 5.43. The van der Waals surface area contributed by atoms with Crippen molar-refractivity contribution in [1.29, 1.82) is 0 Å². The Bertz CT molecular complexity index is 2040. The number of furan rings is 1. The Labute approximate surface area is 274 Å². The Balaban J connectivity index is 0.000000173. The first kappa shape index (κ1) is 31.8. The van der Waals surface area contributed by atoms with Crippen molar-refractivity contribution >= 4 is 50.8 Å². The molecule has 0 fully saturated rings. The third kappa shape index (κ3) is 6.55. The summed E-state index contributed by atoms with van der Waals surface area (Å²) < 4.78 is 9.40. The van der Waals surface area contributed by atoms with Gasteiger partial charge in [0, 0.05) is 44.9 Å². The van der Waals surface area contributed by atoms with E-state index in [-0.39, 0.29) is 20.1 Å². The number of nitrogens with zero attached hydrogens (tertiary/aromatic N) is 5. The molecule has 44 heavy (non-hydrogen) atoms. The van der Waals surface area contributed by atoms with Crippen LogP contribution in [0.15, 0.2) is 89.9 Å². The number of aryl methyl sites for hydroxylation is 1. The van der Waals surface area contributed by atoms with Crippen LogP contribution in [0, 0.1) is 18.1 Å². The Kier molecular flexibility index (Phi) is 9.49. The van der Waals surface area contributed by atoms with E-state index in [4.69, 9.17) is 9.40 Å². The van der Waals surface area contributed by atoms with Crippen molar-refractivity contribution in [3.63, 3.8) is 0 Å². The summed E-state index contributed by atoms with van der Waals surface area (Å²) in [5.41, 5.74) is 7.85. The van der Waals surface area contributed by atoms with Crippen molar-refractivity contribution in [3.05, 3.63) is 103 Å². The maximum absolute atomic E-state index is 5.85. The molecule has 0 saturated carbocycles. The molecular weight excluding hydrogens is 783 g/mol. The number of fused-ring (bicyclic) bond motifs is 4. The van der Waals surface area contributed by atoms with Gasteiger partial charge in [0.05, 0.1) is 28.6 Å². The molecule has 0 atom stereocenters. The third-order valence-electron chi connectivity index (χ3n) is 7.52. The molecule has 0 aliphatic carbocycles. The van der Waals surface area contributed by atoms with Gasteiger partial charge in [0.25, 0.3) is 0 Å². The van der Waals surface area contributed by atoms with Crippen LogP contribution < -0.4 is 4.40 Å². The molecule has 0 bridgehead atoms. The van der Waals surface area contributed by atoms with Crippen LogP contribution >= 0.6 is 0 Å². The van der Waals surface area contributed by atoms with Gasteiger partial charge in [-0.05, 0) is 12.1 Å². The second kappa shape index (κ2) is 13.1. The van der Waals surface area contributed by atoms with E-state index in [1.54, 1.807) is 16.8 Å². The standard InChI is InChI=1S/C18H24GeN.C18H11N4O.Ir/c1-14(2)11-16-12-18(15-9-7-6-8-10-15)20-13-17(16)19(3,4)5;1-22-15-10-19-8-6-14(15)21-17(22)11-4-5-12-13-3-2-7-20-18(13)23-16(12)9-11;/h6-9,12-14H,11H2,1-5H3;2-3,5-10H,1H3;/q2*-1;. The van der Waals surface area contributed by atoms with Crippen LogP contribution in [0.4, 0.5) is 0 Å². The largest absolute Gasteiger partial charge is 0.458 e. The van der Waals surface area contributed by atoms with E-state index in [2.05, 4.69) is 76.5 Å². The van der Waals surface area contributed by atoms with Crippen molar-refractivity contribution in [1.82, 2.24) is 24.5 Å². The van der Waals surface area contributed by atoms with Crippen molar-refractivity contribution in [2.45, 2.75) is 37.5 Å². The van der Waals surface area contributed by atoms with Gasteiger partial charge in [-0.1, -0.05) is 17.5 Å². The van der Waals surface area contributed by atoms with Gasteiger partial charge in [0.2, 0.25) is 5.71 Å². The van der Waals surface area contributed by atoms with E-state index >= 15 is 0 Å².